The van der Waals surface area contributed by atoms with Crippen LogP contribution < -0.4 is 10.6 Å². The number of carbonyl (C=O) groups is 1. The maximum atomic E-state index is 12.1. The molecule has 2 unspecified atom stereocenters. The van der Waals surface area contributed by atoms with Gasteiger partial charge in [-0.15, -0.1) is 0 Å². The van der Waals surface area contributed by atoms with Crippen LogP contribution in [0.5, 0.6) is 0 Å². The summed E-state index contributed by atoms with van der Waals surface area (Å²) < 4.78 is 0. The van der Waals surface area contributed by atoms with E-state index in [4.69, 9.17) is 0 Å². The lowest BCUT2D eigenvalue weighted by Gasteiger charge is -2.14. The zero-order valence-electron chi connectivity index (χ0n) is 10.6. The standard InChI is InChI=1S/C14H20N2O2/c1-2-5-10(17)8-16-14(18)12-9-15-13-7-4-3-6-11(12)13/h3-4,6-7,10,12,15,17H,2,5,8-9H2,1H3,(H,16,18). The second kappa shape index (κ2) is 5.87. The van der Waals surface area contributed by atoms with Crippen molar-refractivity contribution in [3.63, 3.8) is 0 Å². The third kappa shape index (κ3) is 2.82. The molecule has 2 atom stereocenters. The number of benzene rings is 1. The van der Waals surface area contributed by atoms with Gasteiger partial charge in [0.15, 0.2) is 0 Å². The second-order valence-corrected chi connectivity index (χ2v) is 4.71. The number of carbonyl (C=O) groups excluding carboxylic acids is 1. The van der Waals surface area contributed by atoms with E-state index in [1.54, 1.807) is 0 Å². The van der Waals surface area contributed by atoms with Crippen LogP contribution in [0.2, 0.25) is 0 Å². The molecule has 2 rings (SSSR count). The first kappa shape index (κ1) is 12.9. The minimum Gasteiger partial charge on any atom is -0.391 e. The van der Waals surface area contributed by atoms with E-state index >= 15 is 0 Å². The van der Waals surface area contributed by atoms with Crippen LogP contribution in [-0.4, -0.2) is 30.2 Å². The molecular formula is C14H20N2O2. The van der Waals surface area contributed by atoms with E-state index in [1.165, 1.54) is 0 Å². The highest BCUT2D eigenvalue weighted by Crippen LogP contribution is 2.30. The zero-order chi connectivity index (χ0) is 13.0. The molecule has 0 aromatic heterocycles. The molecule has 0 radical (unpaired) electrons. The third-order valence-corrected chi connectivity index (χ3v) is 3.28. The van der Waals surface area contributed by atoms with Crippen molar-refractivity contribution < 1.29 is 9.90 Å². The maximum Gasteiger partial charge on any atom is 0.229 e. The molecule has 0 saturated heterocycles. The number of nitrogens with one attached hydrogen (secondary N) is 2. The number of para-hydroxylation sites is 1. The summed E-state index contributed by atoms with van der Waals surface area (Å²) in [7, 11) is 0. The number of anilines is 1. The highest BCUT2D eigenvalue weighted by Gasteiger charge is 2.27. The van der Waals surface area contributed by atoms with Gasteiger partial charge in [0.1, 0.15) is 0 Å². The van der Waals surface area contributed by atoms with Crippen LogP contribution in [0, 0.1) is 0 Å². The zero-order valence-corrected chi connectivity index (χ0v) is 10.6. The van der Waals surface area contributed by atoms with Crippen molar-refractivity contribution >= 4 is 11.6 Å². The maximum absolute atomic E-state index is 12.1. The summed E-state index contributed by atoms with van der Waals surface area (Å²) in [6, 6.07) is 7.85. The summed E-state index contributed by atoms with van der Waals surface area (Å²) in [6.45, 7) is 2.99. The number of hydrogen-bond donors (Lipinski definition) is 3. The van der Waals surface area contributed by atoms with E-state index < -0.39 is 6.10 Å². The molecule has 98 valence electrons. The van der Waals surface area contributed by atoms with Gasteiger partial charge in [0.2, 0.25) is 5.91 Å². The molecule has 0 bridgehead atoms. The Morgan fingerprint density at radius 1 is 1.56 bits per heavy atom. The van der Waals surface area contributed by atoms with E-state index in [9.17, 15) is 9.90 Å². The molecule has 1 amide bonds. The van der Waals surface area contributed by atoms with Crippen LogP contribution in [-0.2, 0) is 4.79 Å². The SMILES string of the molecule is CCCC(O)CNC(=O)C1CNc2ccccc21. The van der Waals surface area contributed by atoms with Gasteiger partial charge < -0.3 is 15.7 Å². The topological polar surface area (TPSA) is 61.4 Å². The Hall–Kier alpha value is -1.55. The first-order valence-electron chi connectivity index (χ1n) is 6.51. The predicted molar refractivity (Wildman–Crippen MR) is 71.6 cm³/mol. The van der Waals surface area contributed by atoms with E-state index in [0.717, 1.165) is 24.1 Å². The van der Waals surface area contributed by atoms with Crippen molar-refractivity contribution in [1.82, 2.24) is 5.32 Å². The minimum absolute atomic E-state index is 0.0115. The molecular weight excluding hydrogens is 228 g/mol. The third-order valence-electron chi connectivity index (χ3n) is 3.28. The first-order chi connectivity index (χ1) is 8.72. The lowest BCUT2D eigenvalue weighted by atomic mass is 10.0. The lowest BCUT2D eigenvalue weighted by Crippen LogP contribution is -2.36. The van der Waals surface area contributed by atoms with Gasteiger partial charge in [-0.3, -0.25) is 4.79 Å². The first-order valence-corrected chi connectivity index (χ1v) is 6.51. The summed E-state index contributed by atoms with van der Waals surface area (Å²) in [5.41, 5.74) is 2.08. The van der Waals surface area contributed by atoms with Crippen molar-refractivity contribution in [2.45, 2.75) is 31.8 Å². The van der Waals surface area contributed by atoms with Gasteiger partial charge in [-0.1, -0.05) is 31.5 Å². The second-order valence-electron chi connectivity index (χ2n) is 4.71. The average Bonchev–Trinajstić information content (AvgIpc) is 2.80. The fourth-order valence-electron chi connectivity index (χ4n) is 2.29. The van der Waals surface area contributed by atoms with Gasteiger partial charge in [0, 0.05) is 18.8 Å². The average molecular weight is 248 g/mol. The molecule has 1 aromatic carbocycles. The monoisotopic (exact) mass is 248 g/mol. The number of fused-ring (bicyclic) bond motifs is 1. The molecule has 4 nitrogen and oxygen atoms in total. The van der Waals surface area contributed by atoms with E-state index in [-0.39, 0.29) is 11.8 Å². The van der Waals surface area contributed by atoms with Gasteiger partial charge in [0.05, 0.1) is 12.0 Å². The fourth-order valence-corrected chi connectivity index (χ4v) is 2.29. The number of rotatable bonds is 5. The van der Waals surface area contributed by atoms with Gasteiger partial charge in [-0.2, -0.15) is 0 Å². The molecule has 0 aliphatic carbocycles. The Balaban J connectivity index is 1.91. The Labute approximate surface area is 107 Å². The van der Waals surface area contributed by atoms with Gasteiger partial charge in [0.25, 0.3) is 0 Å². The smallest absolute Gasteiger partial charge is 0.229 e. The normalized spacial score (nSPS) is 18.9. The minimum atomic E-state index is -0.441. The summed E-state index contributed by atoms with van der Waals surface area (Å²) in [5.74, 6) is -0.155. The van der Waals surface area contributed by atoms with Crippen LogP contribution in [0.1, 0.15) is 31.2 Å². The molecule has 1 heterocycles. The molecule has 18 heavy (non-hydrogen) atoms. The number of amides is 1. The summed E-state index contributed by atoms with van der Waals surface area (Å²) >= 11 is 0. The Bertz CT molecular complexity index is 420. The lowest BCUT2D eigenvalue weighted by molar-refractivity contribution is -0.122. The van der Waals surface area contributed by atoms with Crippen LogP contribution in [0.25, 0.3) is 0 Å². The van der Waals surface area contributed by atoms with Crippen LogP contribution in [0.4, 0.5) is 5.69 Å². The van der Waals surface area contributed by atoms with Gasteiger partial charge in [-0.25, -0.2) is 0 Å². The van der Waals surface area contributed by atoms with Crippen molar-refractivity contribution in [1.29, 1.82) is 0 Å². The molecule has 0 spiro atoms. The number of hydrogen-bond acceptors (Lipinski definition) is 3. The number of aliphatic hydroxyl groups is 1. The largest absolute Gasteiger partial charge is 0.391 e. The van der Waals surface area contributed by atoms with E-state index in [0.29, 0.717) is 13.1 Å². The van der Waals surface area contributed by atoms with Crippen molar-refractivity contribution in [3.05, 3.63) is 29.8 Å². The molecule has 1 aliphatic heterocycles. The molecule has 1 aromatic rings. The van der Waals surface area contributed by atoms with Crippen LogP contribution in [0.3, 0.4) is 0 Å². The quantitative estimate of drug-likeness (QED) is 0.739. The summed E-state index contributed by atoms with van der Waals surface area (Å²) in [5, 5.41) is 15.6. The van der Waals surface area contributed by atoms with E-state index in [2.05, 4.69) is 10.6 Å². The number of aliphatic hydroxyl groups excluding tert-OH is 1. The molecule has 4 heteroatoms. The molecule has 0 saturated carbocycles. The highest BCUT2D eigenvalue weighted by atomic mass is 16.3. The Kier molecular flexibility index (Phi) is 4.20. The Morgan fingerprint density at radius 2 is 2.33 bits per heavy atom. The fraction of sp³-hybridized carbons (Fsp3) is 0.500. The van der Waals surface area contributed by atoms with Crippen molar-refractivity contribution in [2.75, 3.05) is 18.4 Å². The van der Waals surface area contributed by atoms with Crippen molar-refractivity contribution in [2.24, 2.45) is 0 Å². The van der Waals surface area contributed by atoms with Gasteiger partial charge in [-0.05, 0) is 18.1 Å². The summed E-state index contributed by atoms with van der Waals surface area (Å²) in [6.07, 6.45) is 1.20. The highest BCUT2D eigenvalue weighted by molar-refractivity contribution is 5.88. The van der Waals surface area contributed by atoms with Gasteiger partial charge >= 0.3 is 0 Å². The molecule has 3 N–H and O–H groups in total. The molecule has 0 fully saturated rings. The summed E-state index contributed by atoms with van der Waals surface area (Å²) in [4.78, 5) is 12.1. The molecule has 1 aliphatic rings. The van der Waals surface area contributed by atoms with Crippen molar-refractivity contribution in [3.8, 4) is 0 Å². The van der Waals surface area contributed by atoms with Crippen LogP contribution >= 0.6 is 0 Å². The van der Waals surface area contributed by atoms with Crippen LogP contribution in [0.15, 0.2) is 24.3 Å². The Morgan fingerprint density at radius 3 is 3.11 bits per heavy atom. The van der Waals surface area contributed by atoms with E-state index in [1.807, 2.05) is 31.2 Å². The predicted octanol–water partition coefficient (Wildman–Crippen LogP) is 1.47.